The Morgan fingerprint density at radius 2 is 2.06 bits per heavy atom. The molecule has 0 atom stereocenters. The molecule has 8 nitrogen and oxygen atoms in total. The standard InChI is InChI=1S/C26H24N6O2/c1-34-24-10-5-7-20(16-24)25-22(18-32(30-25)23-8-3-2-4-9-23)15-21(17-27)26(33)29-11-6-13-31-14-12-28-19-31/h2-5,7-10,12,14-16,18-19H,6,11,13H2,1H3,(H,29,33)/b21-15-. The maximum absolute atomic E-state index is 12.7. The monoisotopic (exact) mass is 452 g/mol. The van der Waals surface area contributed by atoms with Crippen LogP contribution in [0.2, 0.25) is 0 Å². The number of imidazole rings is 1. The average Bonchev–Trinajstić information content (AvgIpc) is 3.56. The van der Waals surface area contributed by atoms with Gasteiger partial charge in [0.25, 0.3) is 5.91 Å². The number of amides is 1. The van der Waals surface area contributed by atoms with Crippen molar-refractivity contribution in [3.63, 3.8) is 0 Å². The number of hydrogen-bond donors (Lipinski definition) is 1. The Labute approximate surface area is 197 Å². The highest BCUT2D eigenvalue weighted by molar-refractivity contribution is 6.02. The first-order chi connectivity index (χ1) is 16.7. The summed E-state index contributed by atoms with van der Waals surface area (Å²) in [5.74, 6) is 0.273. The second-order valence-electron chi connectivity index (χ2n) is 7.52. The van der Waals surface area contributed by atoms with Crippen molar-refractivity contribution in [1.29, 1.82) is 5.26 Å². The van der Waals surface area contributed by atoms with Gasteiger partial charge in [-0.2, -0.15) is 10.4 Å². The average molecular weight is 453 g/mol. The molecule has 0 aliphatic rings. The molecule has 0 saturated carbocycles. The number of carbonyl (C=O) groups is 1. The Morgan fingerprint density at radius 1 is 1.21 bits per heavy atom. The van der Waals surface area contributed by atoms with Crippen LogP contribution >= 0.6 is 0 Å². The highest BCUT2D eigenvalue weighted by atomic mass is 16.5. The number of nitrogens with zero attached hydrogens (tertiary/aromatic N) is 5. The van der Waals surface area contributed by atoms with Crippen molar-refractivity contribution in [3.05, 3.63) is 90.7 Å². The summed E-state index contributed by atoms with van der Waals surface area (Å²) in [4.78, 5) is 16.7. The molecule has 0 unspecified atom stereocenters. The van der Waals surface area contributed by atoms with E-state index in [4.69, 9.17) is 9.84 Å². The number of aryl methyl sites for hydroxylation is 1. The predicted molar refractivity (Wildman–Crippen MR) is 129 cm³/mol. The summed E-state index contributed by atoms with van der Waals surface area (Å²) in [7, 11) is 1.60. The molecule has 8 heteroatoms. The fraction of sp³-hybridized carbons (Fsp3) is 0.154. The smallest absolute Gasteiger partial charge is 0.261 e. The van der Waals surface area contributed by atoms with E-state index in [0.717, 1.165) is 24.2 Å². The Kier molecular flexibility index (Phi) is 7.16. The van der Waals surface area contributed by atoms with E-state index >= 15 is 0 Å². The summed E-state index contributed by atoms with van der Waals surface area (Å²) in [5, 5.41) is 17.3. The van der Waals surface area contributed by atoms with Crippen LogP contribution in [0.1, 0.15) is 12.0 Å². The molecule has 34 heavy (non-hydrogen) atoms. The van der Waals surface area contributed by atoms with Gasteiger partial charge in [-0.05, 0) is 36.8 Å². The lowest BCUT2D eigenvalue weighted by Gasteiger charge is -2.06. The normalized spacial score (nSPS) is 11.1. The number of benzene rings is 2. The topological polar surface area (TPSA) is 97.8 Å². The number of methoxy groups -OCH3 is 1. The van der Waals surface area contributed by atoms with E-state index in [2.05, 4.69) is 10.3 Å². The van der Waals surface area contributed by atoms with Gasteiger partial charge >= 0.3 is 0 Å². The van der Waals surface area contributed by atoms with Crippen LogP contribution in [-0.4, -0.2) is 38.9 Å². The van der Waals surface area contributed by atoms with Crippen molar-refractivity contribution in [2.24, 2.45) is 0 Å². The zero-order valence-corrected chi connectivity index (χ0v) is 18.8. The first kappa shape index (κ1) is 22.6. The van der Waals surface area contributed by atoms with Crippen LogP contribution in [0, 0.1) is 11.3 Å². The zero-order chi connectivity index (χ0) is 23.8. The van der Waals surface area contributed by atoms with Crippen molar-refractivity contribution in [2.45, 2.75) is 13.0 Å². The fourth-order valence-corrected chi connectivity index (χ4v) is 3.48. The molecule has 0 bridgehead atoms. The lowest BCUT2D eigenvalue weighted by atomic mass is 10.1. The van der Waals surface area contributed by atoms with Crippen LogP contribution in [0.25, 0.3) is 23.0 Å². The summed E-state index contributed by atoms with van der Waals surface area (Å²) in [5.41, 5.74) is 3.00. The molecule has 0 radical (unpaired) electrons. The quantitative estimate of drug-likeness (QED) is 0.236. The second kappa shape index (κ2) is 10.8. The van der Waals surface area contributed by atoms with Crippen LogP contribution in [0.4, 0.5) is 0 Å². The fourth-order valence-electron chi connectivity index (χ4n) is 3.48. The van der Waals surface area contributed by atoms with Gasteiger partial charge in [0, 0.05) is 42.8 Å². The van der Waals surface area contributed by atoms with Gasteiger partial charge in [0.1, 0.15) is 23.1 Å². The summed E-state index contributed by atoms with van der Waals surface area (Å²) < 4.78 is 9.03. The van der Waals surface area contributed by atoms with Gasteiger partial charge < -0.3 is 14.6 Å². The molecule has 1 N–H and O–H groups in total. The molecule has 0 fully saturated rings. The molecule has 4 rings (SSSR count). The Bertz CT molecular complexity index is 1320. The number of nitriles is 1. The van der Waals surface area contributed by atoms with E-state index in [0.29, 0.717) is 23.6 Å². The molecule has 0 spiro atoms. The summed E-state index contributed by atoms with van der Waals surface area (Å²) in [6.45, 7) is 1.18. The number of para-hydroxylation sites is 1. The van der Waals surface area contributed by atoms with Gasteiger partial charge in [0.05, 0.1) is 19.1 Å². The molecule has 2 aromatic carbocycles. The Morgan fingerprint density at radius 3 is 2.79 bits per heavy atom. The number of aromatic nitrogens is 4. The van der Waals surface area contributed by atoms with E-state index in [9.17, 15) is 10.1 Å². The summed E-state index contributed by atoms with van der Waals surface area (Å²) >= 11 is 0. The highest BCUT2D eigenvalue weighted by Gasteiger charge is 2.15. The van der Waals surface area contributed by atoms with Crippen LogP contribution in [0.3, 0.4) is 0 Å². The number of nitrogens with one attached hydrogen (secondary N) is 1. The molecule has 4 aromatic rings. The van der Waals surface area contributed by atoms with Crippen molar-refractivity contribution < 1.29 is 9.53 Å². The molecule has 0 aliphatic carbocycles. The first-order valence-electron chi connectivity index (χ1n) is 10.8. The van der Waals surface area contributed by atoms with Gasteiger partial charge in [-0.25, -0.2) is 9.67 Å². The number of carbonyl (C=O) groups excluding carboxylic acids is 1. The number of ether oxygens (including phenoxy) is 1. The number of hydrogen-bond acceptors (Lipinski definition) is 5. The second-order valence-corrected chi connectivity index (χ2v) is 7.52. The molecular formula is C26H24N6O2. The summed E-state index contributed by atoms with van der Waals surface area (Å²) in [6, 6.07) is 19.2. The maximum Gasteiger partial charge on any atom is 0.261 e. The third-order valence-corrected chi connectivity index (χ3v) is 5.21. The molecule has 2 heterocycles. The van der Waals surface area contributed by atoms with Gasteiger partial charge in [-0.15, -0.1) is 0 Å². The van der Waals surface area contributed by atoms with Gasteiger partial charge in [0.15, 0.2) is 0 Å². The van der Waals surface area contributed by atoms with E-state index in [1.54, 1.807) is 30.4 Å². The zero-order valence-electron chi connectivity index (χ0n) is 18.8. The van der Waals surface area contributed by atoms with E-state index < -0.39 is 5.91 Å². The van der Waals surface area contributed by atoms with Gasteiger partial charge in [0.2, 0.25) is 0 Å². The van der Waals surface area contributed by atoms with Crippen molar-refractivity contribution in [3.8, 4) is 28.8 Å². The van der Waals surface area contributed by atoms with E-state index in [1.165, 1.54) is 0 Å². The molecule has 170 valence electrons. The van der Waals surface area contributed by atoms with E-state index in [-0.39, 0.29) is 5.57 Å². The summed E-state index contributed by atoms with van der Waals surface area (Å²) in [6.07, 6.45) is 9.42. The van der Waals surface area contributed by atoms with Gasteiger partial charge in [-0.3, -0.25) is 4.79 Å². The van der Waals surface area contributed by atoms with Crippen LogP contribution in [0.15, 0.2) is 85.1 Å². The largest absolute Gasteiger partial charge is 0.497 e. The Hall–Kier alpha value is -4.64. The molecule has 0 aliphatic heterocycles. The molecule has 1 amide bonds. The van der Waals surface area contributed by atoms with Crippen LogP contribution < -0.4 is 10.1 Å². The van der Waals surface area contributed by atoms with Gasteiger partial charge in [-0.1, -0.05) is 30.3 Å². The molecular weight excluding hydrogens is 428 g/mol. The van der Waals surface area contributed by atoms with Crippen molar-refractivity contribution >= 4 is 12.0 Å². The minimum Gasteiger partial charge on any atom is -0.497 e. The third kappa shape index (κ3) is 5.40. The van der Waals surface area contributed by atoms with Crippen LogP contribution in [0.5, 0.6) is 5.75 Å². The van der Waals surface area contributed by atoms with Crippen molar-refractivity contribution in [2.75, 3.05) is 13.7 Å². The molecule has 2 aromatic heterocycles. The third-order valence-electron chi connectivity index (χ3n) is 5.21. The van der Waals surface area contributed by atoms with E-state index in [1.807, 2.05) is 77.6 Å². The lowest BCUT2D eigenvalue weighted by molar-refractivity contribution is -0.117. The van der Waals surface area contributed by atoms with Crippen LogP contribution in [-0.2, 0) is 11.3 Å². The molecule has 0 saturated heterocycles. The lowest BCUT2D eigenvalue weighted by Crippen LogP contribution is -2.26. The SMILES string of the molecule is COc1cccc(-c2nn(-c3ccccc3)cc2/C=C(/C#N)C(=O)NCCCn2ccnc2)c1. The predicted octanol–water partition coefficient (Wildman–Crippen LogP) is 3.86. The van der Waals surface area contributed by atoms with Crippen molar-refractivity contribution in [1.82, 2.24) is 24.6 Å². The highest BCUT2D eigenvalue weighted by Crippen LogP contribution is 2.28. The minimum atomic E-state index is -0.419. The maximum atomic E-state index is 12.7. The number of rotatable bonds is 9. The first-order valence-corrected chi connectivity index (χ1v) is 10.8. The Balaban J connectivity index is 1.60. The minimum absolute atomic E-state index is 0.0133.